The zero-order valence-electron chi connectivity index (χ0n) is 14.9. The Morgan fingerprint density at radius 3 is 2.56 bits per heavy atom. The monoisotopic (exact) mass is 358 g/mol. The molecule has 1 amide bonds. The molecule has 25 heavy (non-hydrogen) atoms. The van der Waals surface area contributed by atoms with Gasteiger partial charge in [0, 0.05) is 24.4 Å². The summed E-state index contributed by atoms with van der Waals surface area (Å²) in [6, 6.07) is 10.1. The summed E-state index contributed by atoms with van der Waals surface area (Å²) in [7, 11) is 0. The highest BCUT2D eigenvalue weighted by atomic mass is 32.1. The normalized spacial score (nSPS) is 17.0. The van der Waals surface area contributed by atoms with Crippen molar-refractivity contribution >= 4 is 17.2 Å². The number of carbonyl (C=O) groups is 1. The smallest absolute Gasteiger partial charge is 0.273 e. The molecule has 1 aliphatic rings. The van der Waals surface area contributed by atoms with Crippen LogP contribution in [0.25, 0.3) is 0 Å². The van der Waals surface area contributed by atoms with Gasteiger partial charge in [-0.1, -0.05) is 44.2 Å². The van der Waals surface area contributed by atoms with E-state index in [1.54, 1.807) is 11.3 Å². The molecule has 1 fully saturated rings. The van der Waals surface area contributed by atoms with Crippen LogP contribution in [0.3, 0.4) is 0 Å². The maximum Gasteiger partial charge on any atom is 0.273 e. The van der Waals surface area contributed by atoms with Gasteiger partial charge in [0.2, 0.25) is 0 Å². The maximum atomic E-state index is 12.6. The number of aliphatic hydroxyl groups excluding tert-OH is 1. The van der Waals surface area contributed by atoms with Gasteiger partial charge in [0.1, 0.15) is 5.69 Å². The summed E-state index contributed by atoms with van der Waals surface area (Å²) in [6.45, 7) is 5.58. The minimum Gasteiger partial charge on any atom is -0.392 e. The van der Waals surface area contributed by atoms with Crippen LogP contribution in [0.15, 0.2) is 35.7 Å². The van der Waals surface area contributed by atoms with Crippen molar-refractivity contribution in [1.82, 2.24) is 9.88 Å². The van der Waals surface area contributed by atoms with Gasteiger partial charge in [0.25, 0.3) is 5.91 Å². The molecule has 0 spiro atoms. The molecule has 2 heterocycles. The van der Waals surface area contributed by atoms with Gasteiger partial charge in [-0.2, -0.15) is 0 Å². The summed E-state index contributed by atoms with van der Waals surface area (Å²) in [6.07, 6.45) is 2.04. The van der Waals surface area contributed by atoms with Gasteiger partial charge in [-0.15, -0.1) is 11.3 Å². The van der Waals surface area contributed by atoms with Gasteiger partial charge in [0.05, 0.1) is 11.1 Å². The number of benzene rings is 1. The Morgan fingerprint density at radius 1 is 1.28 bits per heavy atom. The van der Waals surface area contributed by atoms with Crippen LogP contribution >= 0.6 is 11.3 Å². The summed E-state index contributed by atoms with van der Waals surface area (Å²) in [5, 5.41) is 13.4. The van der Waals surface area contributed by atoms with Crippen LogP contribution in [0.5, 0.6) is 0 Å². The summed E-state index contributed by atoms with van der Waals surface area (Å²) >= 11 is 1.56. The Hall–Kier alpha value is -1.72. The minimum atomic E-state index is -0.341. The molecule has 1 aliphatic heterocycles. The van der Waals surface area contributed by atoms with Crippen LogP contribution in [-0.4, -0.2) is 40.1 Å². The van der Waals surface area contributed by atoms with E-state index < -0.39 is 0 Å². The molecule has 5 heteroatoms. The van der Waals surface area contributed by atoms with Crippen LogP contribution in [-0.2, 0) is 6.42 Å². The fraction of sp³-hybridized carbons (Fsp3) is 0.500. The first kappa shape index (κ1) is 18.1. The minimum absolute atomic E-state index is 0.0270. The molecule has 0 radical (unpaired) electrons. The molecule has 2 aromatic rings. The van der Waals surface area contributed by atoms with Gasteiger partial charge >= 0.3 is 0 Å². The van der Waals surface area contributed by atoms with Crippen molar-refractivity contribution in [3.8, 4) is 0 Å². The molecule has 0 aliphatic carbocycles. The molecule has 1 N–H and O–H groups in total. The third-order valence-corrected chi connectivity index (χ3v) is 6.04. The Balaban J connectivity index is 1.53. The molecule has 1 saturated heterocycles. The van der Waals surface area contributed by atoms with Crippen LogP contribution < -0.4 is 0 Å². The highest BCUT2D eigenvalue weighted by Gasteiger charge is 2.29. The number of piperidine rings is 1. The molecule has 4 nitrogen and oxygen atoms in total. The Labute approximate surface area is 153 Å². The summed E-state index contributed by atoms with van der Waals surface area (Å²) in [4.78, 5) is 19.0. The lowest BCUT2D eigenvalue weighted by molar-refractivity contribution is 0.0464. The molecule has 0 saturated carbocycles. The van der Waals surface area contributed by atoms with E-state index in [1.807, 2.05) is 28.5 Å². The standard InChI is InChI=1S/C20H26N2O2S/c1-14(2)19-21-17(13-25-19)20(24)22-10-8-16(9-11-22)18(23)12-15-6-4-3-5-7-15/h3-7,13-14,16,18,23H,8-12H2,1-2H3/t18-/m1/s1. The van der Waals surface area contributed by atoms with Crippen molar-refractivity contribution in [1.29, 1.82) is 0 Å². The number of hydrogen-bond donors (Lipinski definition) is 1. The van der Waals surface area contributed by atoms with Crippen LogP contribution in [0, 0.1) is 5.92 Å². The number of carbonyl (C=O) groups excluding carboxylic acids is 1. The molecule has 1 aromatic heterocycles. The fourth-order valence-electron chi connectivity index (χ4n) is 3.32. The lowest BCUT2D eigenvalue weighted by Crippen LogP contribution is -2.41. The topological polar surface area (TPSA) is 53.4 Å². The quantitative estimate of drug-likeness (QED) is 0.886. The van der Waals surface area contributed by atoms with Crippen LogP contribution in [0.1, 0.15) is 53.7 Å². The molecule has 1 aromatic carbocycles. The summed E-state index contributed by atoms with van der Waals surface area (Å²) in [5.74, 6) is 0.635. The van der Waals surface area contributed by atoms with E-state index in [2.05, 4.69) is 31.0 Å². The Kier molecular flexibility index (Phi) is 5.86. The maximum absolute atomic E-state index is 12.6. The number of rotatable bonds is 5. The lowest BCUT2D eigenvalue weighted by atomic mass is 9.88. The molecular formula is C20H26N2O2S. The SMILES string of the molecule is CC(C)c1nc(C(=O)N2CCC([C@H](O)Cc3ccccc3)CC2)cs1. The van der Waals surface area contributed by atoms with E-state index in [4.69, 9.17) is 0 Å². The highest BCUT2D eigenvalue weighted by molar-refractivity contribution is 7.09. The Bertz CT molecular complexity index is 691. The molecule has 0 bridgehead atoms. The summed E-state index contributed by atoms with van der Waals surface area (Å²) in [5.41, 5.74) is 1.73. The first-order chi connectivity index (χ1) is 12.0. The fourth-order valence-corrected chi connectivity index (χ4v) is 4.13. The zero-order chi connectivity index (χ0) is 17.8. The van der Waals surface area contributed by atoms with E-state index >= 15 is 0 Å². The average Bonchev–Trinajstić information content (AvgIpc) is 3.12. The van der Waals surface area contributed by atoms with Crippen molar-refractivity contribution in [3.05, 3.63) is 52.0 Å². The largest absolute Gasteiger partial charge is 0.392 e. The molecule has 3 rings (SSSR count). The first-order valence-electron chi connectivity index (χ1n) is 9.01. The number of nitrogens with zero attached hydrogens (tertiary/aromatic N) is 2. The van der Waals surface area contributed by atoms with Gasteiger partial charge in [-0.25, -0.2) is 4.98 Å². The molecule has 1 atom stereocenters. The predicted molar refractivity (Wildman–Crippen MR) is 101 cm³/mol. The lowest BCUT2D eigenvalue weighted by Gasteiger charge is -2.34. The van der Waals surface area contributed by atoms with Crippen molar-refractivity contribution in [2.75, 3.05) is 13.1 Å². The number of thiazole rings is 1. The second-order valence-corrected chi connectivity index (χ2v) is 8.00. The van der Waals surface area contributed by atoms with E-state index in [1.165, 1.54) is 0 Å². The number of aliphatic hydroxyl groups is 1. The second-order valence-electron chi connectivity index (χ2n) is 7.11. The third kappa shape index (κ3) is 4.47. The van der Waals surface area contributed by atoms with E-state index in [0.717, 1.165) is 23.4 Å². The van der Waals surface area contributed by atoms with E-state index in [9.17, 15) is 9.90 Å². The van der Waals surface area contributed by atoms with E-state index in [0.29, 0.717) is 31.1 Å². The van der Waals surface area contributed by atoms with Crippen LogP contribution in [0.2, 0.25) is 0 Å². The molecule has 0 unspecified atom stereocenters. The van der Waals surface area contributed by atoms with Crippen molar-refractivity contribution in [2.24, 2.45) is 5.92 Å². The Morgan fingerprint density at radius 2 is 1.96 bits per heavy atom. The van der Waals surface area contributed by atoms with Gasteiger partial charge in [0.15, 0.2) is 0 Å². The second kappa shape index (κ2) is 8.11. The van der Waals surface area contributed by atoms with Gasteiger partial charge < -0.3 is 10.0 Å². The zero-order valence-corrected chi connectivity index (χ0v) is 15.7. The van der Waals surface area contributed by atoms with Gasteiger partial charge in [-0.05, 0) is 30.7 Å². The predicted octanol–water partition coefficient (Wildman–Crippen LogP) is 3.72. The summed E-state index contributed by atoms with van der Waals surface area (Å²) < 4.78 is 0. The van der Waals surface area contributed by atoms with Crippen molar-refractivity contribution in [3.63, 3.8) is 0 Å². The highest BCUT2D eigenvalue weighted by Crippen LogP contribution is 2.25. The molecule has 134 valence electrons. The van der Waals surface area contributed by atoms with Gasteiger partial charge in [-0.3, -0.25) is 4.79 Å². The number of hydrogen-bond acceptors (Lipinski definition) is 4. The number of likely N-dealkylation sites (tertiary alicyclic amines) is 1. The first-order valence-corrected chi connectivity index (χ1v) is 9.89. The van der Waals surface area contributed by atoms with E-state index in [-0.39, 0.29) is 17.9 Å². The molecular weight excluding hydrogens is 332 g/mol. The number of amides is 1. The number of aromatic nitrogens is 1. The van der Waals surface area contributed by atoms with Crippen molar-refractivity contribution < 1.29 is 9.90 Å². The van der Waals surface area contributed by atoms with Crippen LogP contribution in [0.4, 0.5) is 0 Å². The van der Waals surface area contributed by atoms with Crippen molar-refractivity contribution in [2.45, 2.75) is 45.1 Å². The average molecular weight is 359 g/mol. The third-order valence-electron chi connectivity index (χ3n) is 4.89.